The van der Waals surface area contributed by atoms with Crippen LogP contribution in [0.15, 0.2) is 27.1 Å². The highest BCUT2D eigenvalue weighted by Crippen LogP contribution is 2.43. The van der Waals surface area contributed by atoms with Crippen LogP contribution in [-0.4, -0.2) is 20.2 Å². The summed E-state index contributed by atoms with van der Waals surface area (Å²) in [6.07, 6.45) is 0. The van der Waals surface area contributed by atoms with E-state index < -0.39 is 5.92 Å². The van der Waals surface area contributed by atoms with Gasteiger partial charge in [0.25, 0.3) is 0 Å². The van der Waals surface area contributed by atoms with Crippen molar-refractivity contribution in [1.82, 2.24) is 9.97 Å². The molecule has 0 unspecified atom stereocenters. The molecule has 0 fully saturated rings. The van der Waals surface area contributed by atoms with E-state index in [0.717, 1.165) is 27.6 Å². The monoisotopic (exact) mass is 328 g/mol. The van der Waals surface area contributed by atoms with Crippen LogP contribution in [0.4, 0.5) is 0 Å². The van der Waals surface area contributed by atoms with Gasteiger partial charge in [-0.05, 0) is 11.4 Å². The number of hydrogen-bond donors (Lipinski definition) is 4. The molecule has 3 aromatic heterocycles. The van der Waals surface area contributed by atoms with Gasteiger partial charge >= 0.3 is 9.75 Å². The van der Waals surface area contributed by atoms with Crippen LogP contribution in [0.3, 0.4) is 0 Å². The largest absolute Gasteiger partial charge is 0.494 e. The van der Waals surface area contributed by atoms with Gasteiger partial charge < -0.3 is 10.2 Å². The van der Waals surface area contributed by atoms with Gasteiger partial charge in [0.2, 0.25) is 11.8 Å². The molecule has 0 aliphatic carbocycles. The molecule has 4 N–H and O–H groups in total. The predicted octanol–water partition coefficient (Wildman–Crippen LogP) is 1.84. The summed E-state index contributed by atoms with van der Waals surface area (Å²) in [5, 5.41) is 21.6. The van der Waals surface area contributed by atoms with Crippen molar-refractivity contribution in [1.29, 1.82) is 0 Å². The molecular weight excluding hydrogens is 320 g/mol. The van der Waals surface area contributed by atoms with E-state index in [1.54, 1.807) is 0 Å². The number of thiazole rings is 2. The average molecular weight is 328 g/mol. The van der Waals surface area contributed by atoms with Crippen molar-refractivity contribution in [2.75, 3.05) is 0 Å². The molecule has 6 nitrogen and oxygen atoms in total. The van der Waals surface area contributed by atoms with E-state index >= 15 is 0 Å². The van der Waals surface area contributed by atoms with E-state index in [1.165, 1.54) is 11.3 Å². The Morgan fingerprint density at radius 3 is 1.90 bits per heavy atom. The van der Waals surface area contributed by atoms with Crippen LogP contribution in [0.2, 0.25) is 0 Å². The molecule has 0 saturated heterocycles. The molecule has 3 aromatic rings. The Morgan fingerprint density at radius 1 is 1.00 bits per heavy atom. The molecule has 0 saturated carbocycles. The fraction of sp³-hybridized carbons (Fsp3) is 0.0909. The summed E-state index contributed by atoms with van der Waals surface area (Å²) >= 11 is 3.13. The molecule has 0 atom stereocenters. The molecule has 20 heavy (non-hydrogen) atoms. The zero-order valence-electron chi connectivity index (χ0n) is 9.75. The molecule has 3 rings (SSSR count). The average Bonchev–Trinajstić information content (AvgIpc) is 3.05. The first-order valence-corrected chi connectivity index (χ1v) is 7.95. The third kappa shape index (κ3) is 2.19. The van der Waals surface area contributed by atoms with Crippen molar-refractivity contribution in [2.24, 2.45) is 0 Å². The summed E-state index contributed by atoms with van der Waals surface area (Å²) in [6, 6.07) is 3.65. The zero-order chi connectivity index (χ0) is 14.3. The molecule has 0 spiro atoms. The maximum absolute atomic E-state index is 11.4. The Labute approximate surface area is 123 Å². The van der Waals surface area contributed by atoms with Gasteiger partial charge in [0.15, 0.2) is 0 Å². The third-order valence-corrected chi connectivity index (χ3v) is 5.48. The Kier molecular flexibility index (Phi) is 3.24. The second kappa shape index (κ2) is 4.93. The standard InChI is InChI=1S/C11H8N2O4S3/c14-8-6(19-10(16)12-8)5(4-2-1-3-18-4)7-9(15)13-11(17)20-7/h1-3,5,14-15H,(H,12,16)(H,13,17). The normalized spacial score (nSPS) is 11.2. The van der Waals surface area contributed by atoms with Gasteiger partial charge in [0.05, 0.1) is 15.7 Å². The lowest BCUT2D eigenvalue weighted by molar-refractivity contribution is 0.442. The SMILES string of the molecule is O=c1[nH]c(O)c(C(c2cccs2)c2sc(=O)[nH]c2O)s1. The van der Waals surface area contributed by atoms with Crippen LogP contribution in [0, 0.1) is 0 Å². The van der Waals surface area contributed by atoms with Crippen LogP contribution in [0.25, 0.3) is 0 Å². The molecule has 3 heterocycles. The Morgan fingerprint density at radius 2 is 1.55 bits per heavy atom. The highest BCUT2D eigenvalue weighted by atomic mass is 32.1. The summed E-state index contributed by atoms with van der Waals surface area (Å²) < 4.78 is 0. The van der Waals surface area contributed by atoms with Gasteiger partial charge in [0.1, 0.15) is 0 Å². The van der Waals surface area contributed by atoms with Gasteiger partial charge in [-0.3, -0.25) is 19.6 Å². The summed E-state index contributed by atoms with van der Waals surface area (Å²) in [5.74, 6) is -1.01. The molecule has 0 aliphatic heterocycles. The van der Waals surface area contributed by atoms with E-state index in [2.05, 4.69) is 9.97 Å². The first kappa shape index (κ1) is 13.2. The molecule has 104 valence electrons. The van der Waals surface area contributed by atoms with E-state index in [-0.39, 0.29) is 21.5 Å². The van der Waals surface area contributed by atoms with Crippen molar-refractivity contribution in [3.05, 3.63) is 51.5 Å². The molecule has 0 aromatic carbocycles. The van der Waals surface area contributed by atoms with Crippen LogP contribution < -0.4 is 9.75 Å². The van der Waals surface area contributed by atoms with Crippen LogP contribution in [-0.2, 0) is 0 Å². The predicted molar refractivity (Wildman–Crippen MR) is 78.5 cm³/mol. The number of thiophene rings is 1. The van der Waals surface area contributed by atoms with Gasteiger partial charge in [-0.15, -0.1) is 11.3 Å². The van der Waals surface area contributed by atoms with Gasteiger partial charge in [0, 0.05) is 4.88 Å². The minimum atomic E-state index is -0.539. The summed E-state index contributed by atoms with van der Waals surface area (Å²) in [5.41, 5.74) is 0. The van der Waals surface area contributed by atoms with E-state index in [1.807, 2.05) is 17.5 Å². The quantitative estimate of drug-likeness (QED) is 0.588. The number of aromatic hydroxyl groups is 2. The highest BCUT2D eigenvalue weighted by Gasteiger charge is 2.28. The molecule has 9 heteroatoms. The third-order valence-electron chi connectivity index (χ3n) is 2.67. The van der Waals surface area contributed by atoms with Crippen molar-refractivity contribution < 1.29 is 10.2 Å². The lowest BCUT2D eigenvalue weighted by Crippen LogP contribution is -1.97. The molecular formula is C11H8N2O4S3. The fourth-order valence-electron chi connectivity index (χ4n) is 1.89. The van der Waals surface area contributed by atoms with E-state index in [0.29, 0.717) is 9.75 Å². The first-order valence-electron chi connectivity index (χ1n) is 5.43. The molecule has 0 bridgehead atoms. The van der Waals surface area contributed by atoms with Gasteiger partial charge in [-0.1, -0.05) is 28.7 Å². The maximum atomic E-state index is 11.4. The molecule has 0 radical (unpaired) electrons. The van der Waals surface area contributed by atoms with Gasteiger partial charge in [-0.2, -0.15) is 0 Å². The number of aromatic amines is 2. The first-order chi connectivity index (χ1) is 9.56. The lowest BCUT2D eigenvalue weighted by atomic mass is 10.0. The highest BCUT2D eigenvalue weighted by molar-refractivity contribution is 7.13. The van der Waals surface area contributed by atoms with E-state index in [4.69, 9.17) is 0 Å². The zero-order valence-corrected chi connectivity index (χ0v) is 12.2. The van der Waals surface area contributed by atoms with Crippen molar-refractivity contribution >= 4 is 34.0 Å². The number of H-pyrrole nitrogens is 2. The number of rotatable bonds is 3. The Hall–Kier alpha value is -1.84. The second-order valence-electron chi connectivity index (χ2n) is 3.90. The lowest BCUT2D eigenvalue weighted by Gasteiger charge is -2.11. The smallest absolute Gasteiger partial charge is 0.307 e. The topological polar surface area (TPSA) is 106 Å². The van der Waals surface area contributed by atoms with Crippen molar-refractivity contribution in [2.45, 2.75) is 5.92 Å². The van der Waals surface area contributed by atoms with E-state index in [9.17, 15) is 19.8 Å². The van der Waals surface area contributed by atoms with Crippen LogP contribution in [0.1, 0.15) is 20.5 Å². The van der Waals surface area contributed by atoms with Crippen LogP contribution >= 0.6 is 34.0 Å². The second-order valence-corrected chi connectivity index (χ2v) is 6.91. The number of hydrogen-bond acceptors (Lipinski definition) is 7. The van der Waals surface area contributed by atoms with Gasteiger partial charge in [-0.25, -0.2) is 0 Å². The minimum Gasteiger partial charge on any atom is -0.494 e. The maximum Gasteiger partial charge on any atom is 0.307 e. The van der Waals surface area contributed by atoms with Crippen molar-refractivity contribution in [3.63, 3.8) is 0 Å². The molecule has 0 aliphatic rings. The fourth-order valence-corrected chi connectivity index (χ4v) is 4.67. The molecule has 0 amide bonds. The minimum absolute atomic E-state index is 0.237. The number of aromatic nitrogens is 2. The summed E-state index contributed by atoms with van der Waals surface area (Å²) in [7, 11) is 0. The summed E-state index contributed by atoms with van der Waals surface area (Å²) in [4.78, 5) is 28.2. The Balaban J connectivity index is 2.24. The van der Waals surface area contributed by atoms with Crippen molar-refractivity contribution in [3.8, 4) is 11.8 Å². The summed E-state index contributed by atoms with van der Waals surface area (Å²) in [6.45, 7) is 0. The number of nitrogens with one attached hydrogen (secondary N) is 2. The Bertz CT molecular complexity index is 786. The van der Waals surface area contributed by atoms with Crippen LogP contribution in [0.5, 0.6) is 11.8 Å².